The summed E-state index contributed by atoms with van der Waals surface area (Å²) in [5.41, 5.74) is -3.43. The predicted molar refractivity (Wildman–Crippen MR) is 59.2 cm³/mol. The predicted octanol–water partition coefficient (Wildman–Crippen LogP) is 0.602. The Labute approximate surface area is 104 Å². The van der Waals surface area contributed by atoms with Crippen LogP contribution in [0, 0.1) is 0 Å². The highest BCUT2D eigenvalue weighted by molar-refractivity contribution is 14.1. The van der Waals surface area contributed by atoms with Crippen LogP contribution in [0.4, 0.5) is 13.2 Å². The van der Waals surface area contributed by atoms with E-state index < -0.39 is 29.8 Å². The summed E-state index contributed by atoms with van der Waals surface area (Å²) in [4.78, 5) is 10.5. The summed E-state index contributed by atoms with van der Waals surface area (Å²) in [6, 6.07) is 0. The van der Waals surface area contributed by atoms with Crippen LogP contribution in [-0.4, -0.2) is 44.5 Å². The van der Waals surface area contributed by atoms with Crippen molar-refractivity contribution < 1.29 is 28.2 Å². The van der Waals surface area contributed by atoms with Gasteiger partial charge in [-0.05, 0) is 13.8 Å². The molecule has 8 heteroatoms. The Morgan fingerprint density at radius 1 is 1.25 bits per heavy atom. The van der Waals surface area contributed by atoms with Crippen LogP contribution in [0.1, 0.15) is 13.8 Å². The van der Waals surface area contributed by atoms with E-state index in [2.05, 4.69) is 0 Å². The van der Waals surface area contributed by atoms with Crippen molar-refractivity contribution in [3.05, 3.63) is 0 Å². The fourth-order valence-corrected chi connectivity index (χ4v) is 1.51. The second-order valence-corrected chi connectivity index (χ2v) is 4.62. The molecule has 2 atom stereocenters. The molecule has 4 nitrogen and oxygen atoms in total. The van der Waals surface area contributed by atoms with Crippen molar-refractivity contribution >= 4 is 28.5 Å². The van der Waals surface area contributed by atoms with E-state index in [9.17, 15) is 28.2 Å². The van der Waals surface area contributed by atoms with E-state index in [1.54, 1.807) is 22.6 Å². The van der Waals surface area contributed by atoms with Gasteiger partial charge in [0.25, 0.3) is 0 Å². The van der Waals surface area contributed by atoms with Gasteiger partial charge < -0.3 is 15.5 Å². The van der Waals surface area contributed by atoms with Gasteiger partial charge in [-0.25, -0.2) is 0 Å². The van der Waals surface area contributed by atoms with Crippen LogP contribution < -0.4 is 5.32 Å². The monoisotopic (exact) mass is 355 g/mol. The summed E-state index contributed by atoms with van der Waals surface area (Å²) < 4.78 is 35.6. The zero-order valence-corrected chi connectivity index (χ0v) is 10.9. The fourth-order valence-electron chi connectivity index (χ4n) is 0.687. The van der Waals surface area contributed by atoms with Gasteiger partial charge in [-0.1, -0.05) is 22.6 Å². The van der Waals surface area contributed by atoms with Gasteiger partial charge in [0, 0.05) is 11.0 Å². The molecule has 0 heterocycles. The van der Waals surface area contributed by atoms with E-state index in [1.807, 2.05) is 0 Å². The Balaban J connectivity index is 4.47. The van der Waals surface area contributed by atoms with E-state index >= 15 is 0 Å². The Hall–Kier alpha value is -0.0900. The van der Waals surface area contributed by atoms with Gasteiger partial charge in [0.05, 0.1) is 0 Å². The molecule has 16 heavy (non-hydrogen) atoms. The molecule has 0 aromatic heterocycles. The minimum atomic E-state index is -4.99. The first kappa shape index (κ1) is 15.9. The zero-order valence-electron chi connectivity index (χ0n) is 8.73. The summed E-state index contributed by atoms with van der Waals surface area (Å²) in [6.45, 7) is 1.75. The summed E-state index contributed by atoms with van der Waals surface area (Å²) in [7, 11) is 0. The van der Waals surface area contributed by atoms with Gasteiger partial charge in [-0.2, -0.15) is 13.2 Å². The number of alkyl halides is 4. The minimum Gasteiger partial charge on any atom is -0.386 e. The largest absolute Gasteiger partial charge is 0.471 e. The van der Waals surface area contributed by atoms with Crippen LogP contribution >= 0.6 is 22.6 Å². The Kier molecular flexibility index (Phi) is 5.02. The molecule has 1 amide bonds. The number of carbonyl (C=O) groups is 1. The molecule has 0 rings (SSSR count). The number of carbonyl (C=O) groups excluding carboxylic acids is 1. The number of halogens is 4. The van der Waals surface area contributed by atoms with Crippen molar-refractivity contribution in [1.82, 2.24) is 5.32 Å². The second-order valence-electron chi connectivity index (χ2n) is 3.86. The number of aliphatic hydroxyl groups is 2. The molecule has 2 unspecified atom stereocenters. The molecule has 0 aliphatic carbocycles. The third-order valence-corrected chi connectivity index (χ3v) is 3.76. The Morgan fingerprint density at radius 3 is 2.00 bits per heavy atom. The highest BCUT2D eigenvalue weighted by atomic mass is 127. The van der Waals surface area contributed by atoms with E-state index in [4.69, 9.17) is 0 Å². The highest BCUT2D eigenvalue weighted by Gasteiger charge is 2.44. The molecule has 0 saturated carbocycles. The van der Waals surface area contributed by atoms with E-state index in [0.29, 0.717) is 0 Å². The molecule has 0 aromatic carbocycles. The lowest BCUT2D eigenvalue weighted by Gasteiger charge is -2.37. The third-order valence-electron chi connectivity index (χ3n) is 2.27. The maximum absolute atomic E-state index is 11.8. The molecule has 96 valence electrons. The van der Waals surface area contributed by atoms with E-state index in [0.717, 1.165) is 6.92 Å². The van der Waals surface area contributed by atoms with Crippen LogP contribution in [-0.2, 0) is 4.79 Å². The maximum atomic E-state index is 11.8. The smallest absolute Gasteiger partial charge is 0.386 e. The zero-order chi connectivity index (χ0) is 13.2. The molecule has 3 N–H and O–H groups in total. The maximum Gasteiger partial charge on any atom is 0.471 e. The topological polar surface area (TPSA) is 69.6 Å². The van der Waals surface area contributed by atoms with Gasteiger partial charge >= 0.3 is 12.1 Å². The Bertz CT molecular complexity index is 266. The van der Waals surface area contributed by atoms with Crippen LogP contribution in [0.3, 0.4) is 0 Å². The van der Waals surface area contributed by atoms with Crippen molar-refractivity contribution in [2.75, 3.05) is 11.0 Å². The third kappa shape index (κ3) is 4.06. The molecule has 0 radical (unpaired) electrons. The van der Waals surface area contributed by atoms with Crippen LogP contribution in [0.5, 0.6) is 0 Å². The quantitative estimate of drug-likeness (QED) is 0.511. The van der Waals surface area contributed by atoms with Gasteiger partial charge in [-0.3, -0.25) is 4.79 Å². The van der Waals surface area contributed by atoms with E-state index in [-0.39, 0.29) is 4.43 Å². The summed E-state index contributed by atoms with van der Waals surface area (Å²) in [5.74, 6) is -2.14. The molecule has 0 aromatic rings. The second kappa shape index (κ2) is 5.05. The van der Waals surface area contributed by atoms with Gasteiger partial charge in [-0.15, -0.1) is 0 Å². The number of amides is 1. The lowest BCUT2D eigenvalue weighted by Crippen LogP contribution is -2.58. The number of rotatable bonds is 4. The van der Waals surface area contributed by atoms with Crippen molar-refractivity contribution in [3.63, 3.8) is 0 Å². The Morgan fingerprint density at radius 2 is 1.69 bits per heavy atom. The molecule has 0 fully saturated rings. The highest BCUT2D eigenvalue weighted by Crippen LogP contribution is 2.24. The molecule has 0 spiro atoms. The number of hydrogen-bond donors (Lipinski definition) is 3. The van der Waals surface area contributed by atoms with Crippen LogP contribution in [0.2, 0.25) is 0 Å². The first-order valence-electron chi connectivity index (χ1n) is 4.30. The SMILES string of the molecule is CC(O)(CI)C(C)(O)CNC(=O)C(F)(F)F. The fraction of sp³-hybridized carbons (Fsp3) is 0.875. The summed E-state index contributed by atoms with van der Waals surface area (Å²) >= 11 is 1.78. The normalized spacial score (nSPS) is 19.8. The molecular weight excluding hydrogens is 342 g/mol. The lowest BCUT2D eigenvalue weighted by atomic mass is 9.88. The van der Waals surface area contributed by atoms with Crippen LogP contribution in [0.15, 0.2) is 0 Å². The van der Waals surface area contributed by atoms with Crippen LogP contribution in [0.25, 0.3) is 0 Å². The molecule has 0 aliphatic rings. The summed E-state index contributed by atoms with van der Waals surface area (Å²) in [6.07, 6.45) is -4.99. The van der Waals surface area contributed by atoms with Gasteiger partial charge in [0.1, 0.15) is 11.2 Å². The summed E-state index contributed by atoms with van der Waals surface area (Å²) in [5, 5.41) is 20.9. The van der Waals surface area contributed by atoms with Crippen molar-refractivity contribution in [3.8, 4) is 0 Å². The molecular formula is C8H13F3INO3. The van der Waals surface area contributed by atoms with Gasteiger partial charge in [0.15, 0.2) is 0 Å². The first-order valence-corrected chi connectivity index (χ1v) is 5.82. The van der Waals surface area contributed by atoms with Gasteiger partial charge in [0.2, 0.25) is 0 Å². The number of nitrogens with one attached hydrogen (secondary N) is 1. The number of hydrogen-bond acceptors (Lipinski definition) is 3. The van der Waals surface area contributed by atoms with E-state index in [1.165, 1.54) is 12.2 Å². The molecule has 0 saturated heterocycles. The van der Waals surface area contributed by atoms with Crippen molar-refractivity contribution in [1.29, 1.82) is 0 Å². The van der Waals surface area contributed by atoms with Crippen molar-refractivity contribution in [2.45, 2.75) is 31.2 Å². The first-order chi connectivity index (χ1) is 6.94. The molecule has 0 aliphatic heterocycles. The van der Waals surface area contributed by atoms with Crippen molar-refractivity contribution in [2.24, 2.45) is 0 Å². The minimum absolute atomic E-state index is 0.111. The lowest BCUT2D eigenvalue weighted by molar-refractivity contribution is -0.176. The molecule has 0 bridgehead atoms. The average molecular weight is 355 g/mol. The average Bonchev–Trinajstić information content (AvgIpc) is 2.12. The standard InChI is InChI=1S/C8H13F3INO3/c1-6(15,3-12)7(2,16)4-13-5(14)8(9,10)11/h15-16H,3-4H2,1-2H3,(H,13,14).